The van der Waals surface area contributed by atoms with Gasteiger partial charge < -0.3 is 5.11 Å². The maximum Gasteiger partial charge on any atom is 0.133 e. The second-order valence-electron chi connectivity index (χ2n) is 8.31. The summed E-state index contributed by atoms with van der Waals surface area (Å²) in [6, 6.07) is 0. The number of ketones is 1. The quantitative estimate of drug-likeness (QED) is 0.549. The van der Waals surface area contributed by atoms with Gasteiger partial charge in [-0.2, -0.15) is 0 Å². The molecule has 4 rings (SSSR count). The maximum atomic E-state index is 11.8. The number of carbonyl (C=O) groups is 1. The molecule has 0 aromatic rings. The van der Waals surface area contributed by atoms with Gasteiger partial charge in [-0.25, -0.2) is 0 Å². The largest absolute Gasteiger partial charge is 0.377 e. The Kier molecular flexibility index (Phi) is 3.11. The monoisotopic (exact) mass is 298 g/mol. The van der Waals surface area contributed by atoms with Gasteiger partial charge in [-0.05, 0) is 62.2 Å². The molecule has 22 heavy (non-hydrogen) atoms. The van der Waals surface area contributed by atoms with Crippen molar-refractivity contribution in [3.63, 3.8) is 0 Å². The average molecular weight is 298 g/mol. The minimum Gasteiger partial charge on any atom is -0.377 e. The number of hydrogen-bond donors (Lipinski definition) is 1. The molecule has 0 aliphatic heterocycles. The summed E-state index contributed by atoms with van der Waals surface area (Å²) in [6.07, 6.45) is 15.8. The summed E-state index contributed by atoms with van der Waals surface area (Å²) in [5, 5.41) is 10.9. The highest BCUT2D eigenvalue weighted by atomic mass is 16.3. The Balaban J connectivity index is 1.68. The van der Waals surface area contributed by atoms with E-state index in [2.05, 4.69) is 18.9 Å². The van der Waals surface area contributed by atoms with Crippen molar-refractivity contribution in [2.75, 3.05) is 0 Å². The van der Waals surface area contributed by atoms with Crippen LogP contribution in [0.15, 0.2) is 11.6 Å². The SMILES string of the molecule is C#C[C@]1(O)CC[C@H]2[C@@H]3CCC4CC(=O)CC[C@@H]4C3=CC[C@@]21C. The lowest BCUT2D eigenvalue weighted by atomic mass is 9.53. The molecule has 2 heteroatoms. The molecule has 0 amide bonds. The molecule has 0 radical (unpaired) electrons. The predicted molar refractivity (Wildman–Crippen MR) is 85.9 cm³/mol. The molecule has 4 aliphatic rings. The number of aliphatic hydroxyl groups is 1. The molecule has 0 saturated heterocycles. The molecule has 3 saturated carbocycles. The third-order valence-corrected chi connectivity index (χ3v) is 7.56. The fourth-order valence-corrected chi connectivity index (χ4v) is 6.21. The fourth-order valence-electron chi connectivity index (χ4n) is 6.21. The van der Waals surface area contributed by atoms with Crippen LogP contribution in [0.1, 0.15) is 58.3 Å². The Morgan fingerprint density at radius 3 is 2.86 bits per heavy atom. The van der Waals surface area contributed by atoms with Gasteiger partial charge in [0.15, 0.2) is 0 Å². The summed E-state index contributed by atoms with van der Waals surface area (Å²) in [4.78, 5) is 11.8. The van der Waals surface area contributed by atoms with Crippen molar-refractivity contribution in [1.29, 1.82) is 0 Å². The van der Waals surface area contributed by atoms with Gasteiger partial charge in [0.25, 0.3) is 0 Å². The summed E-state index contributed by atoms with van der Waals surface area (Å²) < 4.78 is 0. The Labute approximate surface area is 133 Å². The van der Waals surface area contributed by atoms with E-state index in [1.807, 2.05) is 0 Å². The number of Topliss-reactive ketones (excluding diaryl/α,β-unsaturated/α-hetero) is 1. The van der Waals surface area contributed by atoms with E-state index in [1.165, 1.54) is 12.8 Å². The van der Waals surface area contributed by atoms with Crippen LogP contribution in [0.5, 0.6) is 0 Å². The van der Waals surface area contributed by atoms with Gasteiger partial charge in [0.05, 0.1) is 0 Å². The lowest BCUT2D eigenvalue weighted by Crippen LogP contribution is -2.49. The minimum atomic E-state index is -0.931. The molecule has 0 spiro atoms. The number of allylic oxidation sites excluding steroid dienone is 2. The van der Waals surface area contributed by atoms with Crippen LogP contribution in [0.3, 0.4) is 0 Å². The van der Waals surface area contributed by atoms with Crippen molar-refractivity contribution in [2.24, 2.45) is 29.1 Å². The lowest BCUT2D eigenvalue weighted by molar-refractivity contribution is -0.123. The van der Waals surface area contributed by atoms with Crippen molar-refractivity contribution < 1.29 is 9.90 Å². The zero-order valence-electron chi connectivity index (χ0n) is 13.5. The third-order valence-electron chi connectivity index (χ3n) is 7.56. The Hall–Kier alpha value is -1.07. The zero-order valence-corrected chi connectivity index (χ0v) is 13.5. The van der Waals surface area contributed by atoms with Crippen molar-refractivity contribution in [3.05, 3.63) is 11.6 Å². The first-order valence-electron chi connectivity index (χ1n) is 8.90. The first kappa shape index (κ1) is 14.5. The number of carbonyl (C=O) groups excluding carboxylic acids is 1. The second kappa shape index (κ2) is 4.71. The van der Waals surface area contributed by atoms with Gasteiger partial charge in [0.2, 0.25) is 0 Å². The number of hydrogen-bond acceptors (Lipinski definition) is 2. The molecule has 2 nitrogen and oxygen atoms in total. The molecule has 4 aliphatic carbocycles. The second-order valence-corrected chi connectivity index (χ2v) is 8.31. The standard InChI is InChI=1S/C20H26O2/c1-3-20(22)11-9-18-17-6-4-13-12-14(21)5-7-15(13)16(17)8-10-19(18,20)2/h1,8,13,15,17-18,22H,4-7,9-12H2,2H3/t13?,15-,17+,18-,19-,20-/m0/s1. The third kappa shape index (κ3) is 1.75. The fraction of sp³-hybridized carbons (Fsp3) is 0.750. The molecule has 0 aromatic heterocycles. The van der Waals surface area contributed by atoms with Gasteiger partial charge in [0.1, 0.15) is 11.4 Å². The number of terminal acetylenes is 1. The van der Waals surface area contributed by atoms with Crippen LogP contribution in [0.25, 0.3) is 0 Å². The van der Waals surface area contributed by atoms with E-state index in [1.54, 1.807) is 5.57 Å². The lowest BCUT2D eigenvalue weighted by Gasteiger charge is -2.52. The van der Waals surface area contributed by atoms with Gasteiger partial charge in [-0.15, -0.1) is 6.42 Å². The molecule has 118 valence electrons. The van der Waals surface area contributed by atoms with Gasteiger partial charge in [0, 0.05) is 18.3 Å². The summed E-state index contributed by atoms with van der Waals surface area (Å²) in [6.45, 7) is 2.20. The van der Waals surface area contributed by atoms with E-state index < -0.39 is 5.60 Å². The van der Waals surface area contributed by atoms with Crippen molar-refractivity contribution in [3.8, 4) is 12.3 Å². The van der Waals surface area contributed by atoms with Crippen LogP contribution in [-0.4, -0.2) is 16.5 Å². The van der Waals surface area contributed by atoms with E-state index in [0.29, 0.717) is 29.5 Å². The number of fused-ring (bicyclic) bond motifs is 5. The van der Waals surface area contributed by atoms with Gasteiger partial charge >= 0.3 is 0 Å². The van der Waals surface area contributed by atoms with Crippen molar-refractivity contribution in [2.45, 2.75) is 63.9 Å². The first-order chi connectivity index (χ1) is 10.5. The van der Waals surface area contributed by atoms with Crippen molar-refractivity contribution >= 4 is 5.78 Å². The summed E-state index contributed by atoms with van der Waals surface area (Å²) >= 11 is 0. The summed E-state index contributed by atoms with van der Waals surface area (Å²) in [5.41, 5.74) is 0.527. The van der Waals surface area contributed by atoms with Crippen LogP contribution in [-0.2, 0) is 4.79 Å². The molecule has 0 bridgehead atoms. The zero-order chi connectivity index (χ0) is 15.5. The smallest absolute Gasteiger partial charge is 0.133 e. The first-order valence-corrected chi connectivity index (χ1v) is 8.90. The highest BCUT2D eigenvalue weighted by Crippen LogP contribution is 2.63. The molecular weight excluding hydrogens is 272 g/mol. The number of rotatable bonds is 0. The molecular formula is C20H26O2. The van der Waals surface area contributed by atoms with E-state index >= 15 is 0 Å². The van der Waals surface area contributed by atoms with Crippen LogP contribution in [0.2, 0.25) is 0 Å². The summed E-state index contributed by atoms with van der Waals surface area (Å²) in [5.74, 6) is 5.50. The average Bonchev–Trinajstić information content (AvgIpc) is 2.79. The summed E-state index contributed by atoms with van der Waals surface area (Å²) in [7, 11) is 0. The molecule has 6 atom stereocenters. The topological polar surface area (TPSA) is 37.3 Å². The molecule has 1 unspecified atom stereocenters. The van der Waals surface area contributed by atoms with Crippen LogP contribution < -0.4 is 0 Å². The van der Waals surface area contributed by atoms with E-state index in [9.17, 15) is 9.90 Å². The Bertz CT molecular complexity index is 583. The van der Waals surface area contributed by atoms with Gasteiger partial charge in [-0.3, -0.25) is 4.79 Å². The van der Waals surface area contributed by atoms with Crippen LogP contribution in [0.4, 0.5) is 0 Å². The predicted octanol–water partition coefficient (Wildman–Crippen LogP) is 3.49. The van der Waals surface area contributed by atoms with Gasteiger partial charge in [-0.1, -0.05) is 24.5 Å². The highest BCUT2D eigenvalue weighted by Gasteiger charge is 2.60. The Morgan fingerprint density at radius 1 is 1.27 bits per heavy atom. The highest BCUT2D eigenvalue weighted by molar-refractivity contribution is 5.79. The maximum absolute atomic E-state index is 11.8. The molecule has 1 N–H and O–H groups in total. The molecule has 3 fully saturated rings. The minimum absolute atomic E-state index is 0.159. The Morgan fingerprint density at radius 2 is 2.09 bits per heavy atom. The molecule has 0 aromatic carbocycles. The van der Waals surface area contributed by atoms with Crippen LogP contribution >= 0.6 is 0 Å². The van der Waals surface area contributed by atoms with E-state index in [-0.39, 0.29) is 5.41 Å². The van der Waals surface area contributed by atoms with Crippen LogP contribution in [0, 0.1) is 41.4 Å². The normalized spacial score (nSPS) is 50.4. The molecule has 0 heterocycles. The van der Waals surface area contributed by atoms with Crippen molar-refractivity contribution in [1.82, 2.24) is 0 Å². The van der Waals surface area contributed by atoms with E-state index in [0.717, 1.165) is 38.5 Å². The van der Waals surface area contributed by atoms with E-state index in [4.69, 9.17) is 6.42 Å².